The summed E-state index contributed by atoms with van der Waals surface area (Å²) in [4.78, 5) is 0. The summed E-state index contributed by atoms with van der Waals surface area (Å²) in [5.74, 6) is 0.580. The normalized spacial score (nSPS) is 19.2. The Balaban J connectivity index is 2.37. The monoisotopic (exact) mass is 205 g/mol. The highest BCUT2D eigenvalue weighted by Gasteiger charge is 2.35. The van der Waals surface area contributed by atoms with Gasteiger partial charge in [0.05, 0.1) is 6.61 Å². The summed E-state index contributed by atoms with van der Waals surface area (Å²) in [6, 6.07) is 9.38. The zero-order chi connectivity index (χ0) is 10.7. The van der Waals surface area contributed by atoms with Crippen LogP contribution in [0, 0.1) is 0 Å². The maximum atomic E-state index is 10.5. The van der Waals surface area contributed by atoms with Crippen LogP contribution >= 0.6 is 0 Å². The summed E-state index contributed by atoms with van der Waals surface area (Å²) in [6.45, 7) is 0.757. The third-order valence-corrected chi connectivity index (χ3v) is 2.66. The van der Waals surface area contributed by atoms with Crippen molar-refractivity contribution in [3.63, 3.8) is 0 Å². The molecule has 0 fully saturated rings. The van der Waals surface area contributed by atoms with Gasteiger partial charge in [0.15, 0.2) is 5.60 Å². The molecular weight excluding hydrogens is 190 g/mol. The topological polar surface area (TPSA) is 55.5 Å². The molecule has 1 aliphatic rings. The second kappa shape index (κ2) is 4.04. The molecule has 1 atom stereocenters. The molecule has 3 heteroatoms. The third kappa shape index (κ3) is 1.76. The Morgan fingerprint density at radius 1 is 1.33 bits per heavy atom. The molecular formula is C12H15NO2. The van der Waals surface area contributed by atoms with Gasteiger partial charge < -0.3 is 15.6 Å². The standard InChI is InChI=1S/C12H15NO2/c13-9-12(14,11-7-4-8-15-11)10-5-2-1-3-6-10/h1-3,5-7,14H,4,8-9,13H2. The highest BCUT2D eigenvalue weighted by molar-refractivity contribution is 5.31. The molecule has 1 aromatic rings. The molecule has 1 unspecified atom stereocenters. The molecule has 0 aromatic heterocycles. The van der Waals surface area contributed by atoms with Crippen LogP contribution in [0.5, 0.6) is 0 Å². The lowest BCUT2D eigenvalue weighted by molar-refractivity contribution is 0.0231. The van der Waals surface area contributed by atoms with Gasteiger partial charge in [-0.1, -0.05) is 30.3 Å². The van der Waals surface area contributed by atoms with Gasteiger partial charge in [-0.3, -0.25) is 0 Å². The fourth-order valence-corrected chi connectivity index (χ4v) is 1.78. The Hall–Kier alpha value is -1.32. The Morgan fingerprint density at radius 2 is 2.07 bits per heavy atom. The first kappa shape index (κ1) is 10.2. The van der Waals surface area contributed by atoms with Crippen molar-refractivity contribution in [3.05, 3.63) is 47.7 Å². The van der Waals surface area contributed by atoms with E-state index in [4.69, 9.17) is 10.5 Å². The van der Waals surface area contributed by atoms with Gasteiger partial charge in [0, 0.05) is 13.0 Å². The molecule has 0 aliphatic carbocycles. The second-order valence-electron chi connectivity index (χ2n) is 3.64. The molecule has 80 valence electrons. The van der Waals surface area contributed by atoms with Crippen molar-refractivity contribution in [1.82, 2.24) is 0 Å². The molecule has 1 heterocycles. The van der Waals surface area contributed by atoms with Gasteiger partial charge in [-0.05, 0) is 11.6 Å². The van der Waals surface area contributed by atoms with E-state index in [1.807, 2.05) is 36.4 Å². The molecule has 0 amide bonds. The zero-order valence-electron chi connectivity index (χ0n) is 8.52. The molecule has 0 saturated carbocycles. The van der Waals surface area contributed by atoms with Crippen molar-refractivity contribution in [2.45, 2.75) is 12.0 Å². The van der Waals surface area contributed by atoms with Crippen LogP contribution in [0.1, 0.15) is 12.0 Å². The molecule has 1 aliphatic heterocycles. The van der Waals surface area contributed by atoms with Crippen molar-refractivity contribution in [1.29, 1.82) is 0 Å². The van der Waals surface area contributed by atoms with Gasteiger partial charge in [0.2, 0.25) is 0 Å². The van der Waals surface area contributed by atoms with Crippen molar-refractivity contribution in [2.75, 3.05) is 13.2 Å². The average Bonchev–Trinajstić information content (AvgIpc) is 2.83. The molecule has 0 saturated heterocycles. The van der Waals surface area contributed by atoms with Crippen LogP contribution in [0.15, 0.2) is 42.2 Å². The number of ether oxygens (including phenoxy) is 1. The van der Waals surface area contributed by atoms with E-state index in [-0.39, 0.29) is 6.54 Å². The Kier molecular flexibility index (Phi) is 2.75. The number of hydrogen-bond donors (Lipinski definition) is 2. The fourth-order valence-electron chi connectivity index (χ4n) is 1.78. The lowest BCUT2D eigenvalue weighted by Gasteiger charge is -2.27. The van der Waals surface area contributed by atoms with Crippen molar-refractivity contribution in [2.24, 2.45) is 5.73 Å². The molecule has 0 bridgehead atoms. The van der Waals surface area contributed by atoms with Crippen LogP contribution in [0.25, 0.3) is 0 Å². The minimum atomic E-state index is -1.17. The van der Waals surface area contributed by atoms with E-state index in [0.717, 1.165) is 12.0 Å². The minimum absolute atomic E-state index is 0.128. The predicted molar refractivity (Wildman–Crippen MR) is 58.0 cm³/mol. The number of hydrogen-bond acceptors (Lipinski definition) is 3. The van der Waals surface area contributed by atoms with Gasteiger partial charge in [-0.25, -0.2) is 0 Å². The van der Waals surface area contributed by atoms with Crippen molar-refractivity contribution < 1.29 is 9.84 Å². The van der Waals surface area contributed by atoms with E-state index in [2.05, 4.69) is 0 Å². The Bertz CT molecular complexity index is 361. The van der Waals surface area contributed by atoms with Crippen LogP contribution < -0.4 is 5.73 Å². The number of benzene rings is 1. The average molecular weight is 205 g/mol. The molecule has 3 nitrogen and oxygen atoms in total. The molecule has 2 rings (SSSR count). The molecule has 0 radical (unpaired) electrons. The van der Waals surface area contributed by atoms with E-state index in [1.54, 1.807) is 0 Å². The molecule has 1 aromatic carbocycles. The van der Waals surface area contributed by atoms with Gasteiger partial charge >= 0.3 is 0 Å². The highest BCUT2D eigenvalue weighted by Crippen LogP contribution is 2.31. The summed E-state index contributed by atoms with van der Waals surface area (Å²) in [6.07, 6.45) is 2.74. The van der Waals surface area contributed by atoms with Crippen LogP contribution in [-0.2, 0) is 10.3 Å². The SMILES string of the molecule is NCC(O)(C1=CCCO1)c1ccccc1. The van der Waals surface area contributed by atoms with Crippen LogP contribution in [0.3, 0.4) is 0 Å². The van der Waals surface area contributed by atoms with E-state index in [9.17, 15) is 5.11 Å². The number of aliphatic hydroxyl groups is 1. The van der Waals surface area contributed by atoms with Gasteiger partial charge in [-0.2, -0.15) is 0 Å². The molecule has 15 heavy (non-hydrogen) atoms. The van der Waals surface area contributed by atoms with Crippen LogP contribution in [-0.4, -0.2) is 18.3 Å². The van der Waals surface area contributed by atoms with E-state index < -0.39 is 5.60 Å². The maximum absolute atomic E-state index is 10.5. The fraction of sp³-hybridized carbons (Fsp3) is 0.333. The summed E-state index contributed by atoms with van der Waals surface area (Å²) in [7, 11) is 0. The lowest BCUT2D eigenvalue weighted by Crippen LogP contribution is -2.37. The van der Waals surface area contributed by atoms with Crippen LogP contribution in [0.4, 0.5) is 0 Å². The third-order valence-electron chi connectivity index (χ3n) is 2.66. The van der Waals surface area contributed by atoms with E-state index in [0.29, 0.717) is 12.4 Å². The molecule has 3 N–H and O–H groups in total. The van der Waals surface area contributed by atoms with Crippen LogP contribution in [0.2, 0.25) is 0 Å². The van der Waals surface area contributed by atoms with Crippen molar-refractivity contribution in [3.8, 4) is 0 Å². The zero-order valence-corrected chi connectivity index (χ0v) is 8.52. The Labute approximate surface area is 89.2 Å². The Morgan fingerprint density at radius 3 is 2.60 bits per heavy atom. The van der Waals surface area contributed by atoms with E-state index >= 15 is 0 Å². The van der Waals surface area contributed by atoms with Gasteiger partial charge in [0.25, 0.3) is 0 Å². The number of nitrogens with two attached hydrogens (primary N) is 1. The van der Waals surface area contributed by atoms with Crippen molar-refractivity contribution >= 4 is 0 Å². The summed E-state index contributed by atoms with van der Waals surface area (Å²) in [5, 5.41) is 10.5. The van der Waals surface area contributed by atoms with Gasteiger partial charge in [-0.15, -0.1) is 0 Å². The lowest BCUT2D eigenvalue weighted by atomic mass is 9.91. The quantitative estimate of drug-likeness (QED) is 0.778. The first-order chi connectivity index (χ1) is 7.27. The predicted octanol–water partition coefficient (Wildman–Crippen LogP) is 1.14. The highest BCUT2D eigenvalue weighted by atomic mass is 16.5. The summed E-state index contributed by atoms with van der Waals surface area (Å²) >= 11 is 0. The molecule has 0 spiro atoms. The number of rotatable bonds is 3. The first-order valence-electron chi connectivity index (χ1n) is 5.09. The van der Waals surface area contributed by atoms with E-state index in [1.165, 1.54) is 0 Å². The summed E-state index contributed by atoms with van der Waals surface area (Å²) < 4.78 is 5.39. The second-order valence-corrected chi connectivity index (χ2v) is 3.64. The first-order valence-corrected chi connectivity index (χ1v) is 5.09. The maximum Gasteiger partial charge on any atom is 0.158 e. The minimum Gasteiger partial charge on any atom is -0.494 e. The largest absolute Gasteiger partial charge is 0.494 e. The van der Waals surface area contributed by atoms with Gasteiger partial charge in [0.1, 0.15) is 5.76 Å². The smallest absolute Gasteiger partial charge is 0.158 e. The summed E-state index contributed by atoms with van der Waals surface area (Å²) in [5.41, 5.74) is 5.26.